The van der Waals surface area contributed by atoms with Gasteiger partial charge in [0.15, 0.2) is 11.3 Å². The highest BCUT2D eigenvalue weighted by Gasteiger charge is 2.35. The summed E-state index contributed by atoms with van der Waals surface area (Å²) in [5, 5.41) is 19.1. The summed E-state index contributed by atoms with van der Waals surface area (Å²) in [6.45, 7) is 6.02. The van der Waals surface area contributed by atoms with Gasteiger partial charge in [0.1, 0.15) is 16.8 Å². The Morgan fingerprint density at radius 2 is 2.00 bits per heavy atom. The number of nitriles is 1. The smallest absolute Gasteiger partial charge is 0.320 e. The van der Waals surface area contributed by atoms with Gasteiger partial charge in [-0.15, -0.1) is 5.10 Å². The summed E-state index contributed by atoms with van der Waals surface area (Å²) in [7, 11) is 3.85. The minimum atomic E-state index is -0.319. The third kappa shape index (κ3) is 5.18. The highest BCUT2D eigenvalue weighted by molar-refractivity contribution is 8.04. The molecule has 2 unspecified atom stereocenters. The lowest BCUT2D eigenvalue weighted by atomic mass is 10.1. The molecule has 1 aromatic carbocycles. The van der Waals surface area contributed by atoms with E-state index in [0.29, 0.717) is 43.5 Å². The number of morpholine rings is 1. The van der Waals surface area contributed by atoms with Gasteiger partial charge in [-0.05, 0) is 42.7 Å². The van der Waals surface area contributed by atoms with Crippen LogP contribution in [-0.4, -0.2) is 95.5 Å². The summed E-state index contributed by atoms with van der Waals surface area (Å²) >= 11 is 2.96. The van der Waals surface area contributed by atoms with Gasteiger partial charge in [0, 0.05) is 40.3 Å². The molecule has 2 saturated heterocycles. The number of nitrogens with one attached hydrogen (secondary N) is 1. The van der Waals surface area contributed by atoms with Crippen LogP contribution >= 0.6 is 23.1 Å². The number of amides is 2. The molecule has 2 amide bonds. The van der Waals surface area contributed by atoms with Crippen molar-refractivity contribution < 1.29 is 13.9 Å². The van der Waals surface area contributed by atoms with Crippen LogP contribution in [0.5, 0.6) is 0 Å². The summed E-state index contributed by atoms with van der Waals surface area (Å²) in [5.74, 6) is 0.545. The number of rotatable bonds is 6. The molecule has 3 aromatic rings. The van der Waals surface area contributed by atoms with E-state index in [1.165, 1.54) is 23.9 Å². The van der Waals surface area contributed by atoms with Gasteiger partial charge in [0.25, 0.3) is 0 Å². The van der Waals surface area contributed by atoms with Crippen molar-refractivity contribution in [3.63, 3.8) is 0 Å². The summed E-state index contributed by atoms with van der Waals surface area (Å²) in [6, 6.07) is 8.59. The number of fused-ring (bicyclic) bond motifs is 1. The van der Waals surface area contributed by atoms with Crippen molar-refractivity contribution in [2.24, 2.45) is 0 Å². The Kier molecular flexibility index (Phi) is 7.67. The predicted octanol–water partition coefficient (Wildman–Crippen LogP) is 3.40. The number of carbonyl (C=O) groups excluding carboxylic acids is 1. The summed E-state index contributed by atoms with van der Waals surface area (Å²) in [5.41, 5.74) is 2.10. The van der Waals surface area contributed by atoms with Gasteiger partial charge in [-0.1, -0.05) is 30.0 Å². The molecule has 216 valence electrons. The second kappa shape index (κ2) is 11.4. The number of halogens is 1. The molecule has 0 spiro atoms. The maximum absolute atomic E-state index is 13.5. The number of anilines is 2. The zero-order valence-corrected chi connectivity index (χ0v) is 24.8. The molecule has 0 aliphatic carbocycles. The second-order valence-electron chi connectivity index (χ2n) is 10.2. The topological polar surface area (TPSA) is 105 Å². The molecule has 0 radical (unpaired) electrons. The molecular weight excluding hydrogens is 565 g/mol. The first-order valence-corrected chi connectivity index (χ1v) is 15.4. The Balaban J connectivity index is 1.19. The highest BCUT2D eigenvalue weighted by atomic mass is 32.2. The van der Waals surface area contributed by atoms with Crippen molar-refractivity contribution in [3.05, 3.63) is 46.2 Å². The summed E-state index contributed by atoms with van der Waals surface area (Å²) in [4.78, 5) is 27.3. The van der Waals surface area contributed by atoms with Gasteiger partial charge in [-0.2, -0.15) is 9.78 Å². The molecule has 2 aromatic heterocycles. The van der Waals surface area contributed by atoms with Gasteiger partial charge in [0.2, 0.25) is 10.1 Å². The maximum atomic E-state index is 13.5. The fraction of sp³-hybridized carbons (Fsp3) is 0.481. The largest absolute Gasteiger partial charge is 0.378 e. The maximum Gasteiger partial charge on any atom is 0.320 e. The van der Waals surface area contributed by atoms with Crippen LogP contribution in [-0.2, 0) is 11.2 Å². The molecule has 1 N–H and O–H groups in total. The molecule has 5 heterocycles. The van der Waals surface area contributed by atoms with Crippen molar-refractivity contribution in [1.29, 1.82) is 5.26 Å². The van der Waals surface area contributed by atoms with E-state index in [0.717, 1.165) is 46.6 Å². The first kappa shape index (κ1) is 27.6. The number of hydrogen-bond donors (Lipinski definition) is 1. The SMILES string of the molecule is CCc1nc2sc(N3CCC(N(C)C(=O)N4CCOCC4)C3)nn2c1N(C)C1NC(c2ccc(F)cc2)=C(C#N)S1. The van der Waals surface area contributed by atoms with Crippen molar-refractivity contribution >= 4 is 50.7 Å². The van der Waals surface area contributed by atoms with Crippen LogP contribution in [0.3, 0.4) is 0 Å². The van der Waals surface area contributed by atoms with Crippen molar-refractivity contribution in [3.8, 4) is 6.07 Å². The quantitative estimate of drug-likeness (QED) is 0.458. The third-order valence-corrected chi connectivity index (χ3v) is 9.94. The summed E-state index contributed by atoms with van der Waals surface area (Å²) in [6.07, 6.45) is 1.60. The predicted molar refractivity (Wildman–Crippen MR) is 158 cm³/mol. The van der Waals surface area contributed by atoms with E-state index in [4.69, 9.17) is 14.8 Å². The van der Waals surface area contributed by atoms with Gasteiger partial charge in [0.05, 0.1) is 30.6 Å². The van der Waals surface area contributed by atoms with E-state index < -0.39 is 0 Å². The summed E-state index contributed by atoms with van der Waals surface area (Å²) < 4.78 is 20.8. The van der Waals surface area contributed by atoms with Crippen LogP contribution < -0.4 is 15.1 Å². The molecule has 2 fully saturated rings. The zero-order valence-electron chi connectivity index (χ0n) is 23.2. The van der Waals surface area contributed by atoms with E-state index >= 15 is 0 Å². The van der Waals surface area contributed by atoms with Gasteiger partial charge in [-0.3, -0.25) is 0 Å². The van der Waals surface area contributed by atoms with E-state index in [-0.39, 0.29) is 23.4 Å². The number of likely N-dealkylation sites (N-methyl/N-ethyl adjacent to an activating group) is 1. The zero-order chi connectivity index (χ0) is 28.7. The van der Waals surface area contributed by atoms with Crippen LogP contribution in [0.15, 0.2) is 29.2 Å². The third-order valence-electron chi connectivity index (χ3n) is 7.78. The first-order chi connectivity index (χ1) is 19.9. The molecule has 41 heavy (non-hydrogen) atoms. The molecule has 3 aliphatic rings. The van der Waals surface area contributed by atoms with E-state index in [1.807, 2.05) is 28.4 Å². The molecule has 14 heteroatoms. The minimum Gasteiger partial charge on any atom is -0.378 e. The monoisotopic (exact) mass is 597 g/mol. The van der Waals surface area contributed by atoms with Crippen LogP contribution in [0.25, 0.3) is 10.7 Å². The number of nitrogens with zero attached hydrogens (tertiary/aromatic N) is 8. The van der Waals surface area contributed by atoms with Crippen LogP contribution in [0.2, 0.25) is 0 Å². The van der Waals surface area contributed by atoms with E-state index in [9.17, 15) is 14.4 Å². The Labute approximate surface area is 246 Å². The van der Waals surface area contributed by atoms with E-state index in [1.54, 1.807) is 23.5 Å². The fourth-order valence-corrected chi connectivity index (χ4v) is 7.40. The number of aromatic nitrogens is 3. The van der Waals surface area contributed by atoms with Gasteiger partial charge >= 0.3 is 6.03 Å². The average molecular weight is 598 g/mol. The van der Waals surface area contributed by atoms with Gasteiger partial charge < -0.3 is 29.7 Å². The molecule has 11 nitrogen and oxygen atoms in total. The normalized spacial score (nSPS) is 21.0. The highest BCUT2D eigenvalue weighted by Crippen LogP contribution is 2.39. The molecule has 0 bridgehead atoms. The lowest BCUT2D eigenvalue weighted by molar-refractivity contribution is 0.0427. The van der Waals surface area contributed by atoms with Crippen LogP contribution in [0, 0.1) is 17.1 Å². The van der Waals surface area contributed by atoms with Crippen molar-refractivity contribution in [2.45, 2.75) is 31.3 Å². The van der Waals surface area contributed by atoms with Gasteiger partial charge in [-0.25, -0.2) is 14.2 Å². The lowest BCUT2D eigenvalue weighted by Gasteiger charge is -2.33. The Morgan fingerprint density at radius 3 is 2.71 bits per heavy atom. The van der Waals surface area contributed by atoms with Crippen LogP contribution in [0.1, 0.15) is 24.6 Å². The number of hydrogen-bond acceptors (Lipinski definition) is 10. The van der Waals surface area contributed by atoms with E-state index in [2.05, 4.69) is 28.1 Å². The molecule has 0 saturated carbocycles. The first-order valence-electron chi connectivity index (χ1n) is 13.7. The van der Waals surface area contributed by atoms with Crippen LogP contribution in [0.4, 0.5) is 20.1 Å². The Hall–Kier alpha value is -3.54. The Bertz CT molecular complexity index is 1510. The lowest BCUT2D eigenvalue weighted by Crippen LogP contribution is -2.50. The molecule has 2 atom stereocenters. The minimum absolute atomic E-state index is 0.0532. The number of allylic oxidation sites excluding steroid dienone is 1. The molecular formula is C27H32FN9O2S2. The number of thioether (sulfide) groups is 1. The number of ether oxygens (including phenoxy) is 1. The molecule has 3 aliphatic heterocycles. The van der Waals surface area contributed by atoms with Crippen molar-refractivity contribution in [2.75, 3.05) is 63.3 Å². The molecule has 6 rings (SSSR count). The standard InChI is InChI=1S/C27H32FN9O2S2/c1-4-20-23(34(3)24-31-22(21(15-29)40-24)17-5-7-18(28)8-6-17)37-25(30-20)41-26(32-37)36-10-9-19(16-36)33(2)27(38)35-11-13-39-14-12-35/h5-8,19,24,31H,4,9-14,16H2,1-3H3. The number of imidazole rings is 1. The number of urea groups is 1. The number of aryl methyl sites for hydroxylation is 1. The fourth-order valence-electron chi connectivity index (χ4n) is 5.44. The average Bonchev–Trinajstić information content (AvgIpc) is 3.79. The van der Waals surface area contributed by atoms with Crippen molar-refractivity contribution in [1.82, 2.24) is 29.7 Å². The Morgan fingerprint density at radius 1 is 1.24 bits per heavy atom. The number of carbonyl (C=O) groups is 1. The second-order valence-corrected chi connectivity index (χ2v) is 12.3. The number of benzene rings is 1.